The van der Waals surface area contributed by atoms with Gasteiger partial charge in [-0.2, -0.15) is 65.5 Å². The fourth-order valence-corrected chi connectivity index (χ4v) is 3.20. The SMILES string of the molecule is C[N+](C)(C)Cc1ccc(OS(=O)(=O)C(F)(F)C(F)(F)C(F)(F)C(F)(F)C(F)(F)C(F)(F)F)cc1.[Br-]. The maximum Gasteiger partial charge on any atom is 0.460 e. The molecule has 1 aromatic carbocycles. The second-order valence-corrected chi connectivity index (χ2v) is 9.53. The lowest BCUT2D eigenvalue weighted by Gasteiger charge is -2.38. The fourth-order valence-electron chi connectivity index (χ4n) is 2.29. The smallest absolute Gasteiger partial charge is 0.460 e. The monoisotopic (exact) mass is 627 g/mol. The van der Waals surface area contributed by atoms with E-state index in [1.54, 1.807) is 21.1 Å². The third-order valence-electron chi connectivity index (χ3n) is 4.00. The molecule has 35 heavy (non-hydrogen) atoms. The van der Waals surface area contributed by atoms with E-state index in [1.165, 1.54) is 0 Å². The summed E-state index contributed by atoms with van der Waals surface area (Å²) in [5.41, 5.74) is 0.398. The van der Waals surface area contributed by atoms with Crippen LogP contribution in [0, 0.1) is 0 Å². The predicted molar refractivity (Wildman–Crippen MR) is 88.5 cm³/mol. The van der Waals surface area contributed by atoms with E-state index in [0.29, 0.717) is 17.7 Å². The molecule has 0 atom stereocenters. The number of halogens is 14. The number of hydrogen-bond acceptors (Lipinski definition) is 3. The van der Waals surface area contributed by atoms with Gasteiger partial charge in [0.25, 0.3) is 0 Å². The maximum absolute atomic E-state index is 13.9. The van der Waals surface area contributed by atoms with Gasteiger partial charge in [-0.05, 0) is 24.3 Å². The summed E-state index contributed by atoms with van der Waals surface area (Å²) in [5.74, 6) is -33.6. The molecule has 0 bridgehead atoms. The lowest BCUT2D eigenvalue weighted by Crippen LogP contribution is -3.00. The zero-order valence-corrected chi connectivity index (χ0v) is 19.8. The van der Waals surface area contributed by atoms with Crippen molar-refractivity contribution in [1.82, 2.24) is 0 Å². The summed E-state index contributed by atoms with van der Waals surface area (Å²) < 4.78 is 197. The molecule has 1 aromatic rings. The standard InChI is InChI=1S/C16H15F13NO3S.BrH/c1-30(2,3)8-9-4-6-10(7-5-9)33-34(31,32)16(28,29)14(23,24)12(19,20)11(17,18)13(21,22)15(25,26)27;/h4-7H,8H2,1-3H3;1H/q+1;/p-1. The average molecular weight is 628 g/mol. The van der Waals surface area contributed by atoms with Gasteiger partial charge in [0.2, 0.25) is 0 Å². The second-order valence-electron chi connectivity index (χ2n) is 7.94. The minimum Gasteiger partial charge on any atom is -1.00 e. The van der Waals surface area contributed by atoms with Gasteiger partial charge in [-0.3, -0.25) is 0 Å². The highest BCUT2D eigenvalue weighted by atomic mass is 79.9. The van der Waals surface area contributed by atoms with Gasteiger partial charge in [0.1, 0.15) is 12.3 Å². The molecular weight excluding hydrogens is 613 g/mol. The van der Waals surface area contributed by atoms with E-state index in [2.05, 4.69) is 4.18 Å². The lowest BCUT2D eigenvalue weighted by molar-refractivity contribution is -0.884. The van der Waals surface area contributed by atoms with Crippen molar-refractivity contribution in [3.05, 3.63) is 29.8 Å². The van der Waals surface area contributed by atoms with Crippen LogP contribution in [0.15, 0.2) is 24.3 Å². The molecule has 0 radical (unpaired) electrons. The molecule has 0 aromatic heterocycles. The van der Waals surface area contributed by atoms with E-state index in [-0.39, 0.29) is 28.0 Å². The van der Waals surface area contributed by atoms with Crippen LogP contribution in [0.2, 0.25) is 0 Å². The van der Waals surface area contributed by atoms with E-state index >= 15 is 0 Å². The average Bonchev–Trinajstić information content (AvgIpc) is 2.60. The molecule has 0 amide bonds. The molecule has 0 spiro atoms. The highest BCUT2D eigenvalue weighted by Crippen LogP contribution is 2.61. The third kappa shape index (κ3) is 5.75. The normalized spacial score (nSPS) is 15.0. The summed E-state index contributed by atoms with van der Waals surface area (Å²) in [6.07, 6.45) is -7.60. The van der Waals surface area contributed by atoms with Gasteiger partial charge in [0.05, 0.1) is 21.1 Å². The van der Waals surface area contributed by atoms with E-state index < -0.39 is 51.0 Å². The van der Waals surface area contributed by atoms with E-state index in [9.17, 15) is 65.5 Å². The van der Waals surface area contributed by atoms with Crippen molar-refractivity contribution < 1.29 is 91.1 Å². The van der Waals surface area contributed by atoms with Crippen LogP contribution in [0.5, 0.6) is 5.75 Å². The van der Waals surface area contributed by atoms with Crippen molar-refractivity contribution >= 4 is 10.1 Å². The molecule has 0 aliphatic heterocycles. The quantitative estimate of drug-likeness (QED) is 0.240. The van der Waals surface area contributed by atoms with Gasteiger partial charge in [-0.1, -0.05) is 0 Å². The topological polar surface area (TPSA) is 43.4 Å². The number of quaternary nitrogens is 1. The predicted octanol–water partition coefficient (Wildman–Crippen LogP) is 2.30. The highest BCUT2D eigenvalue weighted by molar-refractivity contribution is 7.88. The van der Waals surface area contributed by atoms with Crippen LogP contribution in [0.1, 0.15) is 5.56 Å². The van der Waals surface area contributed by atoms with Crippen molar-refractivity contribution in [1.29, 1.82) is 0 Å². The number of rotatable bonds is 9. The zero-order chi connectivity index (χ0) is 27.4. The van der Waals surface area contributed by atoms with Crippen molar-refractivity contribution in [2.75, 3.05) is 21.1 Å². The Morgan fingerprint density at radius 1 is 0.686 bits per heavy atom. The summed E-state index contributed by atoms with van der Waals surface area (Å²) in [6, 6.07) is 3.22. The molecule has 0 saturated carbocycles. The van der Waals surface area contributed by atoms with Gasteiger partial charge in [-0.25, -0.2) is 0 Å². The largest absolute Gasteiger partial charge is 1.00 e. The second kappa shape index (κ2) is 9.42. The van der Waals surface area contributed by atoms with Crippen LogP contribution in [-0.2, 0) is 16.7 Å². The Kier molecular flexibility index (Phi) is 9.02. The van der Waals surface area contributed by atoms with Crippen molar-refractivity contribution in [3.8, 4) is 5.75 Å². The minimum absolute atomic E-state index is 0. The Morgan fingerprint density at radius 3 is 1.40 bits per heavy atom. The van der Waals surface area contributed by atoms with Gasteiger partial charge in [-0.15, -0.1) is 0 Å². The Hall–Kier alpha value is -1.50. The van der Waals surface area contributed by atoms with E-state index in [0.717, 1.165) is 12.1 Å². The van der Waals surface area contributed by atoms with Crippen molar-refractivity contribution in [3.63, 3.8) is 0 Å². The van der Waals surface area contributed by atoms with Crippen LogP contribution in [0.3, 0.4) is 0 Å². The molecule has 0 N–H and O–H groups in total. The molecule has 0 aliphatic carbocycles. The van der Waals surface area contributed by atoms with Crippen molar-refractivity contribution in [2.45, 2.75) is 41.7 Å². The molecule has 0 aliphatic rings. The third-order valence-corrected chi connectivity index (χ3v) is 5.30. The van der Waals surface area contributed by atoms with Crippen LogP contribution in [0.4, 0.5) is 57.1 Å². The van der Waals surface area contributed by atoms with Crippen LogP contribution in [-0.4, -0.2) is 69.2 Å². The van der Waals surface area contributed by atoms with Crippen molar-refractivity contribution in [2.24, 2.45) is 0 Å². The lowest BCUT2D eigenvalue weighted by atomic mass is 9.98. The number of nitrogens with zero attached hydrogens (tertiary/aromatic N) is 1. The first-order valence-corrected chi connectivity index (χ1v) is 9.86. The molecule has 0 heterocycles. The first-order chi connectivity index (χ1) is 14.7. The minimum atomic E-state index is -8.24. The van der Waals surface area contributed by atoms with Crippen LogP contribution in [0.25, 0.3) is 0 Å². The molecule has 206 valence electrons. The number of alkyl halides is 13. The molecule has 0 fully saturated rings. The molecule has 1 rings (SSSR count). The van der Waals surface area contributed by atoms with E-state index in [4.69, 9.17) is 0 Å². The number of benzene rings is 1. The van der Waals surface area contributed by atoms with Gasteiger partial charge < -0.3 is 25.6 Å². The van der Waals surface area contributed by atoms with Gasteiger partial charge in [0.15, 0.2) is 0 Å². The first-order valence-electron chi connectivity index (χ1n) is 8.45. The summed E-state index contributed by atoms with van der Waals surface area (Å²) in [5, 5.41) is -7.41. The van der Waals surface area contributed by atoms with Gasteiger partial charge in [0, 0.05) is 5.56 Å². The zero-order valence-electron chi connectivity index (χ0n) is 17.4. The summed E-state index contributed by atoms with van der Waals surface area (Å²) >= 11 is 0. The highest BCUT2D eigenvalue weighted by Gasteiger charge is 2.93. The molecular formula is C16H15BrF13NO3S. The number of hydrogen-bond donors (Lipinski definition) is 0. The summed E-state index contributed by atoms with van der Waals surface area (Å²) in [6.45, 7) is 0.246. The van der Waals surface area contributed by atoms with Gasteiger partial charge >= 0.3 is 45.2 Å². The Morgan fingerprint density at radius 2 is 1.06 bits per heavy atom. The fraction of sp³-hybridized carbons (Fsp3) is 0.625. The van der Waals surface area contributed by atoms with Crippen LogP contribution < -0.4 is 21.2 Å². The summed E-state index contributed by atoms with van der Waals surface area (Å²) in [7, 11) is -2.30. The Bertz CT molecular complexity index is 987. The molecule has 19 heteroatoms. The Balaban J connectivity index is 0.0000116. The van der Waals surface area contributed by atoms with E-state index in [1.807, 2.05) is 0 Å². The summed E-state index contributed by atoms with van der Waals surface area (Å²) in [4.78, 5) is 0. The molecule has 0 saturated heterocycles. The maximum atomic E-state index is 13.9. The molecule has 0 unspecified atom stereocenters. The Labute approximate surface area is 200 Å². The first kappa shape index (κ1) is 33.5. The molecule has 4 nitrogen and oxygen atoms in total. The van der Waals surface area contributed by atoms with Crippen LogP contribution >= 0.6 is 0 Å².